The van der Waals surface area contributed by atoms with Crippen molar-refractivity contribution >= 4 is 10.9 Å². The number of rotatable bonds is 5. The van der Waals surface area contributed by atoms with Crippen LogP contribution in [-0.4, -0.2) is 11.2 Å². The Labute approximate surface area is 145 Å². The predicted octanol–water partition coefficient (Wildman–Crippen LogP) is 3.47. The number of ether oxygens (including phenoxy) is 1. The van der Waals surface area contributed by atoms with Gasteiger partial charge in [0.15, 0.2) is 0 Å². The summed E-state index contributed by atoms with van der Waals surface area (Å²) >= 11 is 0. The van der Waals surface area contributed by atoms with E-state index >= 15 is 0 Å². The van der Waals surface area contributed by atoms with Crippen molar-refractivity contribution < 1.29 is 9.15 Å². The molecule has 0 atom stereocenters. The number of aryl methyl sites for hydroxylation is 1. The maximum absolute atomic E-state index is 12.1. The molecule has 0 aliphatic rings. The van der Waals surface area contributed by atoms with E-state index in [2.05, 4.69) is 26.0 Å². The van der Waals surface area contributed by atoms with Crippen LogP contribution in [0.5, 0.6) is 5.75 Å². The zero-order valence-corrected chi connectivity index (χ0v) is 14.6. The summed E-state index contributed by atoms with van der Waals surface area (Å²) in [7, 11) is 0. The molecule has 3 aromatic rings. The van der Waals surface area contributed by atoms with E-state index in [4.69, 9.17) is 9.15 Å². The molecule has 0 amide bonds. The maximum Gasteiger partial charge on any atom is 0.422 e. The number of nitrogens with zero attached hydrogens (tertiary/aromatic N) is 1. The SMILES string of the molecule is Cc1ccc(C(C)C)c(OCCn2c(=O)oc(=O)c3ccccc32)c1. The minimum absolute atomic E-state index is 0.300. The molecule has 0 radical (unpaired) electrons. The zero-order valence-electron chi connectivity index (χ0n) is 14.6. The molecule has 0 spiro atoms. The Kier molecular flexibility index (Phi) is 4.74. The topological polar surface area (TPSA) is 61.4 Å². The number of benzene rings is 2. The van der Waals surface area contributed by atoms with Crippen LogP contribution in [0.4, 0.5) is 0 Å². The van der Waals surface area contributed by atoms with Gasteiger partial charge in [-0.15, -0.1) is 0 Å². The molecule has 130 valence electrons. The molecule has 2 aromatic carbocycles. The van der Waals surface area contributed by atoms with Gasteiger partial charge in [0.2, 0.25) is 0 Å². The molecule has 0 aliphatic carbocycles. The first-order chi connectivity index (χ1) is 12.0. The number of para-hydroxylation sites is 1. The van der Waals surface area contributed by atoms with Crippen molar-refractivity contribution in [3.63, 3.8) is 0 Å². The average molecular weight is 339 g/mol. The summed E-state index contributed by atoms with van der Waals surface area (Å²) in [6.07, 6.45) is 0. The van der Waals surface area contributed by atoms with Gasteiger partial charge in [0.05, 0.1) is 17.4 Å². The number of aromatic nitrogens is 1. The van der Waals surface area contributed by atoms with Gasteiger partial charge in [0, 0.05) is 0 Å². The van der Waals surface area contributed by atoms with E-state index in [0.29, 0.717) is 30.0 Å². The Morgan fingerprint density at radius 2 is 1.88 bits per heavy atom. The van der Waals surface area contributed by atoms with Gasteiger partial charge in [-0.2, -0.15) is 0 Å². The van der Waals surface area contributed by atoms with Crippen LogP contribution in [0.2, 0.25) is 0 Å². The molecule has 25 heavy (non-hydrogen) atoms. The molecular weight excluding hydrogens is 318 g/mol. The highest BCUT2D eigenvalue weighted by atomic mass is 16.5. The molecule has 0 unspecified atom stereocenters. The van der Waals surface area contributed by atoms with Crippen LogP contribution in [0.3, 0.4) is 0 Å². The second-order valence-corrected chi connectivity index (χ2v) is 6.37. The molecule has 0 aliphatic heterocycles. The van der Waals surface area contributed by atoms with Crippen LogP contribution in [0.25, 0.3) is 10.9 Å². The van der Waals surface area contributed by atoms with Crippen molar-refractivity contribution in [2.24, 2.45) is 0 Å². The van der Waals surface area contributed by atoms with Crippen molar-refractivity contribution in [2.75, 3.05) is 6.61 Å². The van der Waals surface area contributed by atoms with Gasteiger partial charge in [-0.1, -0.05) is 38.1 Å². The van der Waals surface area contributed by atoms with E-state index in [1.165, 1.54) is 4.57 Å². The zero-order chi connectivity index (χ0) is 18.0. The van der Waals surface area contributed by atoms with Crippen molar-refractivity contribution in [3.05, 3.63) is 74.6 Å². The van der Waals surface area contributed by atoms with Crippen molar-refractivity contribution in [2.45, 2.75) is 33.2 Å². The third-order valence-electron chi connectivity index (χ3n) is 4.18. The van der Waals surface area contributed by atoms with Crippen molar-refractivity contribution in [1.82, 2.24) is 4.57 Å². The molecule has 1 heterocycles. The van der Waals surface area contributed by atoms with Crippen LogP contribution in [0.15, 0.2) is 56.5 Å². The summed E-state index contributed by atoms with van der Waals surface area (Å²) in [5.41, 5.74) is 2.19. The van der Waals surface area contributed by atoms with Gasteiger partial charge < -0.3 is 9.15 Å². The first-order valence-corrected chi connectivity index (χ1v) is 8.33. The van der Waals surface area contributed by atoms with Gasteiger partial charge in [-0.05, 0) is 42.2 Å². The summed E-state index contributed by atoms with van der Waals surface area (Å²) in [5.74, 6) is 0.499. The fraction of sp³-hybridized carbons (Fsp3) is 0.300. The lowest BCUT2D eigenvalue weighted by Crippen LogP contribution is -2.27. The molecule has 0 saturated heterocycles. The Bertz CT molecular complexity index is 1010. The summed E-state index contributed by atoms with van der Waals surface area (Å²) < 4.78 is 12.2. The van der Waals surface area contributed by atoms with Crippen LogP contribution >= 0.6 is 0 Å². The monoisotopic (exact) mass is 339 g/mol. The molecule has 0 fully saturated rings. The fourth-order valence-electron chi connectivity index (χ4n) is 2.87. The molecule has 1 aromatic heterocycles. The van der Waals surface area contributed by atoms with Crippen LogP contribution in [0, 0.1) is 6.92 Å². The van der Waals surface area contributed by atoms with Crippen molar-refractivity contribution in [1.29, 1.82) is 0 Å². The Balaban J connectivity index is 1.87. The van der Waals surface area contributed by atoms with E-state index < -0.39 is 11.4 Å². The van der Waals surface area contributed by atoms with Gasteiger partial charge >= 0.3 is 11.4 Å². The molecule has 0 saturated carbocycles. The van der Waals surface area contributed by atoms with E-state index in [-0.39, 0.29) is 0 Å². The molecular formula is C20H21NO4. The summed E-state index contributed by atoms with van der Waals surface area (Å²) in [6, 6.07) is 13.0. The summed E-state index contributed by atoms with van der Waals surface area (Å²) in [4.78, 5) is 23.9. The number of hydrogen-bond donors (Lipinski definition) is 0. The first-order valence-electron chi connectivity index (χ1n) is 8.33. The average Bonchev–Trinajstić information content (AvgIpc) is 2.57. The highest BCUT2D eigenvalue weighted by molar-refractivity contribution is 5.77. The van der Waals surface area contributed by atoms with Crippen molar-refractivity contribution in [3.8, 4) is 5.75 Å². The summed E-state index contributed by atoms with van der Waals surface area (Å²) in [5, 5.41) is 0.389. The Morgan fingerprint density at radius 1 is 1.12 bits per heavy atom. The van der Waals surface area contributed by atoms with E-state index in [9.17, 15) is 9.59 Å². The van der Waals surface area contributed by atoms with Crippen LogP contribution < -0.4 is 16.1 Å². The van der Waals surface area contributed by atoms with Crippen LogP contribution in [0.1, 0.15) is 30.9 Å². The lowest BCUT2D eigenvalue weighted by Gasteiger charge is -2.15. The van der Waals surface area contributed by atoms with Gasteiger partial charge in [0.25, 0.3) is 0 Å². The molecule has 5 heteroatoms. The largest absolute Gasteiger partial charge is 0.491 e. The third kappa shape index (κ3) is 3.50. The highest BCUT2D eigenvalue weighted by Crippen LogP contribution is 2.27. The minimum Gasteiger partial charge on any atom is -0.491 e. The second kappa shape index (κ2) is 6.97. The Hall–Kier alpha value is -2.82. The maximum atomic E-state index is 12.1. The smallest absolute Gasteiger partial charge is 0.422 e. The van der Waals surface area contributed by atoms with Gasteiger partial charge in [-0.25, -0.2) is 9.59 Å². The van der Waals surface area contributed by atoms with E-state index in [1.807, 2.05) is 13.0 Å². The fourth-order valence-corrected chi connectivity index (χ4v) is 2.87. The van der Waals surface area contributed by atoms with E-state index in [1.54, 1.807) is 24.3 Å². The normalized spacial score (nSPS) is 11.2. The predicted molar refractivity (Wildman–Crippen MR) is 97.5 cm³/mol. The lowest BCUT2D eigenvalue weighted by atomic mass is 10.0. The minimum atomic E-state index is -0.666. The number of hydrogen-bond acceptors (Lipinski definition) is 4. The van der Waals surface area contributed by atoms with Crippen LogP contribution in [-0.2, 0) is 6.54 Å². The lowest BCUT2D eigenvalue weighted by molar-refractivity contribution is 0.284. The molecule has 3 rings (SSSR count). The highest BCUT2D eigenvalue weighted by Gasteiger charge is 2.11. The standard InChI is InChI=1S/C20H21NO4/c1-13(2)15-9-8-14(3)12-18(15)24-11-10-21-17-7-5-4-6-16(17)19(22)25-20(21)23/h4-9,12-13H,10-11H2,1-3H3. The molecule has 0 bridgehead atoms. The third-order valence-corrected chi connectivity index (χ3v) is 4.18. The quantitative estimate of drug-likeness (QED) is 0.714. The molecule has 0 N–H and O–H groups in total. The molecule has 5 nitrogen and oxygen atoms in total. The first kappa shape index (κ1) is 17.0. The summed E-state index contributed by atoms with van der Waals surface area (Å²) in [6.45, 7) is 6.85. The van der Waals surface area contributed by atoms with Gasteiger partial charge in [-0.3, -0.25) is 4.57 Å². The van der Waals surface area contributed by atoms with Gasteiger partial charge in [0.1, 0.15) is 12.4 Å². The number of fused-ring (bicyclic) bond motifs is 1. The second-order valence-electron chi connectivity index (χ2n) is 6.37. The Morgan fingerprint density at radius 3 is 2.64 bits per heavy atom. The van der Waals surface area contributed by atoms with E-state index in [0.717, 1.165) is 16.9 Å².